The lowest BCUT2D eigenvalue weighted by atomic mass is 9.98. The van der Waals surface area contributed by atoms with E-state index in [4.69, 9.17) is 9.47 Å². The molecule has 2 heterocycles. The Bertz CT molecular complexity index is 957. The third kappa shape index (κ3) is 4.79. The third-order valence-corrected chi connectivity index (χ3v) is 5.61. The summed E-state index contributed by atoms with van der Waals surface area (Å²) >= 11 is 0. The van der Waals surface area contributed by atoms with E-state index in [0.29, 0.717) is 5.82 Å². The van der Waals surface area contributed by atoms with Crippen LogP contribution in [0, 0.1) is 0 Å². The Balaban J connectivity index is 1.21. The lowest BCUT2D eigenvalue weighted by Crippen LogP contribution is -2.31. The van der Waals surface area contributed by atoms with Gasteiger partial charge in [0.2, 0.25) is 5.82 Å². The van der Waals surface area contributed by atoms with Gasteiger partial charge in [0.25, 0.3) is 0 Å². The number of rotatable bonds is 9. The molecule has 7 nitrogen and oxygen atoms in total. The standard InChI is InChI=1S/C23H29N5O2/c1-29-21-15-19-11-14-27(17-20(19)16-22(21)30-2)12-7-4-8-13-28-25-23(24-26-28)18-9-5-3-6-10-18/h3,5-6,9-10,15-16H,4,7-8,11-14,17H2,1-2H3. The second-order valence-corrected chi connectivity index (χ2v) is 7.64. The van der Waals surface area contributed by atoms with E-state index < -0.39 is 0 Å². The molecule has 0 saturated carbocycles. The maximum atomic E-state index is 5.46. The van der Waals surface area contributed by atoms with Gasteiger partial charge in [-0.3, -0.25) is 4.90 Å². The van der Waals surface area contributed by atoms with E-state index in [9.17, 15) is 0 Å². The highest BCUT2D eigenvalue weighted by atomic mass is 16.5. The molecule has 30 heavy (non-hydrogen) atoms. The van der Waals surface area contributed by atoms with Crippen molar-refractivity contribution in [1.29, 1.82) is 0 Å². The molecule has 0 bridgehead atoms. The fraction of sp³-hybridized carbons (Fsp3) is 0.435. The van der Waals surface area contributed by atoms with Gasteiger partial charge in [0.05, 0.1) is 20.8 Å². The zero-order valence-electron chi connectivity index (χ0n) is 17.8. The lowest BCUT2D eigenvalue weighted by Gasteiger charge is -2.29. The van der Waals surface area contributed by atoms with Crippen LogP contribution in [-0.4, -0.2) is 52.4 Å². The van der Waals surface area contributed by atoms with Crippen molar-refractivity contribution < 1.29 is 9.47 Å². The molecular weight excluding hydrogens is 378 g/mol. The van der Waals surface area contributed by atoms with Gasteiger partial charge in [0.15, 0.2) is 11.5 Å². The molecule has 0 amide bonds. The van der Waals surface area contributed by atoms with Crippen molar-refractivity contribution >= 4 is 0 Å². The van der Waals surface area contributed by atoms with Crippen LogP contribution in [0.15, 0.2) is 42.5 Å². The zero-order valence-corrected chi connectivity index (χ0v) is 17.8. The highest BCUT2D eigenvalue weighted by Crippen LogP contribution is 2.33. The Kier molecular flexibility index (Phi) is 6.59. The minimum Gasteiger partial charge on any atom is -0.493 e. The average molecular weight is 408 g/mol. The summed E-state index contributed by atoms with van der Waals surface area (Å²) in [6.07, 6.45) is 4.43. The lowest BCUT2D eigenvalue weighted by molar-refractivity contribution is 0.245. The molecular formula is C23H29N5O2. The van der Waals surface area contributed by atoms with E-state index >= 15 is 0 Å². The maximum Gasteiger partial charge on any atom is 0.204 e. The van der Waals surface area contributed by atoms with Crippen LogP contribution in [-0.2, 0) is 19.5 Å². The van der Waals surface area contributed by atoms with Crippen LogP contribution in [0.3, 0.4) is 0 Å². The van der Waals surface area contributed by atoms with Gasteiger partial charge in [-0.05, 0) is 54.3 Å². The van der Waals surface area contributed by atoms with Crippen molar-refractivity contribution in [3.8, 4) is 22.9 Å². The van der Waals surface area contributed by atoms with Crippen molar-refractivity contribution in [3.63, 3.8) is 0 Å². The maximum absolute atomic E-state index is 5.46. The van der Waals surface area contributed by atoms with Crippen molar-refractivity contribution in [3.05, 3.63) is 53.6 Å². The molecule has 0 unspecified atom stereocenters. The molecule has 3 aromatic rings. The number of fused-ring (bicyclic) bond motifs is 1. The summed E-state index contributed by atoms with van der Waals surface area (Å²) < 4.78 is 10.9. The number of benzene rings is 2. The van der Waals surface area contributed by atoms with E-state index in [1.807, 2.05) is 30.3 Å². The largest absolute Gasteiger partial charge is 0.493 e. The smallest absolute Gasteiger partial charge is 0.204 e. The molecule has 0 fully saturated rings. The van der Waals surface area contributed by atoms with Crippen LogP contribution in [0.5, 0.6) is 11.5 Å². The normalized spacial score (nSPS) is 13.8. The molecule has 0 aliphatic carbocycles. The monoisotopic (exact) mass is 407 g/mol. The van der Waals surface area contributed by atoms with Crippen molar-refractivity contribution in [1.82, 2.24) is 25.1 Å². The Morgan fingerprint density at radius 1 is 0.900 bits per heavy atom. The van der Waals surface area contributed by atoms with E-state index in [2.05, 4.69) is 32.4 Å². The van der Waals surface area contributed by atoms with Gasteiger partial charge in [-0.25, -0.2) is 0 Å². The second-order valence-electron chi connectivity index (χ2n) is 7.64. The number of aryl methyl sites for hydroxylation is 1. The summed E-state index contributed by atoms with van der Waals surface area (Å²) in [5, 5.41) is 12.8. The number of aromatic nitrogens is 4. The van der Waals surface area contributed by atoms with Gasteiger partial charge in [-0.1, -0.05) is 36.8 Å². The van der Waals surface area contributed by atoms with Crippen molar-refractivity contribution in [2.75, 3.05) is 27.3 Å². The van der Waals surface area contributed by atoms with Gasteiger partial charge in [0.1, 0.15) is 0 Å². The Hall–Kier alpha value is -2.93. The first-order valence-corrected chi connectivity index (χ1v) is 10.6. The third-order valence-electron chi connectivity index (χ3n) is 5.61. The second kappa shape index (κ2) is 9.71. The first kappa shape index (κ1) is 20.3. The predicted molar refractivity (Wildman–Crippen MR) is 116 cm³/mol. The SMILES string of the molecule is COc1cc2c(cc1OC)CN(CCCCCn1nnc(-c3ccccc3)n1)CC2. The molecule has 0 spiro atoms. The number of tetrazole rings is 1. The van der Waals surface area contributed by atoms with Gasteiger partial charge in [0, 0.05) is 18.7 Å². The molecule has 0 radical (unpaired) electrons. The first-order chi connectivity index (χ1) is 14.8. The van der Waals surface area contributed by atoms with Gasteiger partial charge in [-0.2, -0.15) is 4.80 Å². The Morgan fingerprint density at radius 3 is 2.40 bits per heavy atom. The molecule has 7 heteroatoms. The predicted octanol–water partition coefficient (Wildman–Crippen LogP) is 3.59. The van der Waals surface area contributed by atoms with Crippen molar-refractivity contribution in [2.45, 2.75) is 38.8 Å². The molecule has 2 aromatic carbocycles. The molecule has 1 aliphatic rings. The number of nitrogens with zero attached hydrogens (tertiary/aromatic N) is 5. The Labute approximate surface area is 177 Å². The molecule has 158 valence electrons. The van der Waals surface area contributed by atoms with Gasteiger partial charge < -0.3 is 9.47 Å². The summed E-state index contributed by atoms with van der Waals surface area (Å²) in [5.74, 6) is 2.32. The fourth-order valence-corrected chi connectivity index (χ4v) is 3.94. The van der Waals surface area contributed by atoms with E-state index in [1.54, 1.807) is 19.0 Å². The van der Waals surface area contributed by atoms with E-state index in [-0.39, 0.29) is 0 Å². The van der Waals surface area contributed by atoms with E-state index in [1.165, 1.54) is 17.5 Å². The minimum atomic E-state index is 0.689. The summed E-state index contributed by atoms with van der Waals surface area (Å²) in [7, 11) is 3.38. The highest BCUT2D eigenvalue weighted by Gasteiger charge is 2.19. The number of hydrogen-bond acceptors (Lipinski definition) is 6. The highest BCUT2D eigenvalue weighted by molar-refractivity contribution is 5.53. The quantitative estimate of drug-likeness (QED) is 0.505. The zero-order chi connectivity index (χ0) is 20.8. The summed E-state index contributed by atoms with van der Waals surface area (Å²) in [5.41, 5.74) is 3.72. The fourth-order valence-electron chi connectivity index (χ4n) is 3.94. The van der Waals surface area contributed by atoms with Crippen LogP contribution >= 0.6 is 0 Å². The molecule has 0 N–H and O–H groups in total. The number of methoxy groups -OCH3 is 2. The van der Waals surface area contributed by atoms with Crippen LogP contribution in [0.4, 0.5) is 0 Å². The van der Waals surface area contributed by atoms with Gasteiger partial charge >= 0.3 is 0 Å². The summed E-state index contributed by atoms with van der Waals surface area (Å²) in [4.78, 5) is 4.23. The first-order valence-electron chi connectivity index (χ1n) is 10.6. The molecule has 4 rings (SSSR count). The molecule has 0 saturated heterocycles. The number of unbranched alkanes of at least 4 members (excludes halogenated alkanes) is 2. The average Bonchev–Trinajstić information content (AvgIpc) is 3.27. The summed E-state index contributed by atoms with van der Waals surface area (Å²) in [6, 6.07) is 14.2. The van der Waals surface area contributed by atoms with Crippen LogP contribution < -0.4 is 9.47 Å². The summed E-state index contributed by atoms with van der Waals surface area (Å²) in [6.45, 7) is 3.97. The van der Waals surface area contributed by atoms with Gasteiger partial charge in [-0.15, -0.1) is 10.2 Å². The van der Waals surface area contributed by atoms with Crippen LogP contribution in [0.1, 0.15) is 30.4 Å². The molecule has 0 atom stereocenters. The number of hydrogen-bond donors (Lipinski definition) is 0. The Morgan fingerprint density at radius 2 is 1.63 bits per heavy atom. The van der Waals surface area contributed by atoms with Crippen LogP contribution in [0.2, 0.25) is 0 Å². The number of ether oxygens (including phenoxy) is 2. The van der Waals surface area contributed by atoms with E-state index in [0.717, 1.165) is 62.5 Å². The van der Waals surface area contributed by atoms with Crippen molar-refractivity contribution in [2.24, 2.45) is 0 Å². The van der Waals surface area contributed by atoms with Crippen LogP contribution in [0.25, 0.3) is 11.4 Å². The topological polar surface area (TPSA) is 65.3 Å². The molecule has 1 aliphatic heterocycles. The molecule has 1 aromatic heterocycles. The minimum absolute atomic E-state index is 0.689.